The zero-order valence-electron chi connectivity index (χ0n) is 17.4. The Morgan fingerprint density at radius 1 is 1.19 bits per heavy atom. The number of fused-ring (bicyclic) bond motifs is 2. The molecule has 0 radical (unpaired) electrons. The first-order valence-corrected chi connectivity index (χ1v) is 10.6. The van der Waals surface area contributed by atoms with Gasteiger partial charge in [0.2, 0.25) is 0 Å². The van der Waals surface area contributed by atoms with Gasteiger partial charge in [-0.15, -0.1) is 0 Å². The highest BCUT2D eigenvalue weighted by Crippen LogP contribution is 2.52. The van der Waals surface area contributed by atoms with Crippen LogP contribution in [-0.2, 0) is 0 Å². The molecule has 9 heteroatoms. The fourth-order valence-electron chi connectivity index (χ4n) is 5.04. The molecule has 4 aromatic rings. The van der Waals surface area contributed by atoms with Gasteiger partial charge in [-0.3, -0.25) is 4.79 Å². The third kappa shape index (κ3) is 2.80. The first kappa shape index (κ1) is 19.0. The van der Waals surface area contributed by atoms with E-state index in [4.69, 9.17) is 9.72 Å². The molecule has 1 saturated heterocycles. The topological polar surface area (TPSA) is 88.9 Å². The number of carbonyl (C=O) groups is 1. The van der Waals surface area contributed by atoms with E-state index in [2.05, 4.69) is 15.2 Å². The average Bonchev–Trinajstić information content (AvgIpc) is 3.50. The molecule has 1 N–H and O–H groups in total. The SMILES string of the molecule is COc1ccc2nc([C@@H]3[C@H]4CC[C@H]4CN3C(=O)c3c(F)cccc3-n3nccn3)[nH]c2c1. The predicted molar refractivity (Wildman–Crippen MR) is 114 cm³/mol. The summed E-state index contributed by atoms with van der Waals surface area (Å²) in [5, 5.41) is 8.20. The molecule has 2 fully saturated rings. The maximum absolute atomic E-state index is 15.0. The standard InChI is InChI=1S/C23H21FN6O2/c1-32-14-6-8-17-18(11-14)28-22(27-17)21-15-7-5-13(15)12-29(21)23(31)20-16(24)3-2-4-19(20)30-25-9-10-26-30/h2-4,6,8-11,13,15,21H,5,7,12H2,1H3,(H,27,28)/t13-,15-,21-/m0/s1. The Labute approximate surface area is 183 Å². The monoisotopic (exact) mass is 432 g/mol. The molecule has 0 bridgehead atoms. The number of aromatic nitrogens is 5. The highest BCUT2D eigenvalue weighted by molar-refractivity contribution is 5.98. The minimum atomic E-state index is -0.586. The van der Waals surface area contributed by atoms with Gasteiger partial charge >= 0.3 is 0 Å². The van der Waals surface area contributed by atoms with Crippen molar-refractivity contribution in [3.63, 3.8) is 0 Å². The summed E-state index contributed by atoms with van der Waals surface area (Å²) < 4.78 is 20.3. The summed E-state index contributed by atoms with van der Waals surface area (Å²) in [7, 11) is 1.62. The lowest BCUT2D eigenvalue weighted by Gasteiger charge is -2.32. The van der Waals surface area contributed by atoms with Crippen LogP contribution in [0.4, 0.5) is 4.39 Å². The molecular weight excluding hydrogens is 411 g/mol. The molecule has 2 aromatic carbocycles. The molecule has 0 spiro atoms. The number of H-pyrrole nitrogens is 1. The molecule has 1 amide bonds. The molecule has 6 rings (SSSR count). The number of nitrogens with zero attached hydrogens (tertiary/aromatic N) is 5. The van der Waals surface area contributed by atoms with E-state index < -0.39 is 5.82 Å². The maximum Gasteiger partial charge on any atom is 0.259 e. The van der Waals surface area contributed by atoms with Gasteiger partial charge in [-0.05, 0) is 48.9 Å². The number of hydrogen-bond acceptors (Lipinski definition) is 5. The smallest absolute Gasteiger partial charge is 0.259 e. The number of aromatic amines is 1. The van der Waals surface area contributed by atoms with Crippen LogP contribution < -0.4 is 4.74 Å². The molecule has 162 valence electrons. The Bertz CT molecular complexity index is 1320. The molecule has 2 aliphatic rings. The Morgan fingerprint density at radius 2 is 2.03 bits per heavy atom. The van der Waals surface area contributed by atoms with Crippen LogP contribution >= 0.6 is 0 Å². The number of amides is 1. The second-order valence-corrected chi connectivity index (χ2v) is 8.36. The molecule has 1 aliphatic heterocycles. The van der Waals surface area contributed by atoms with Gasteiger partial charge in [0.1, 0.15) is 28.6 Å². The molecule has 0 unspecified atom stereocenters. The summed E-state index contributed by atoms with van der Waals surface area (Å²) >= 11 is 0. The third-order valence-electron chi connectivity index (χ3n) is 6.74. The number of rotatable bonds is 4. The van der Waals surface area contributed by atoms with Crippen LogP contribution in [0.15, 0.2) is 48.8 Å². The van der Waals surface area contributed by atoms with Crippen molar-refractivity contribution in [3.8, 4) is 11.4 Å². The third-order valence-corrected chi connectivity index (χ3v) is 6.74. The second-order valence-electron chi connectivity index (χ2n) is 8.36. The number of imidazole rings is 1. The molecule has 32 heavy (non-hydrogen) atoms. The van der Waals surface area contributed by atoms with Crippen LogP contribution in [0.5, 0.6) is 5.75 Å². The summed E-state index contributed by atoms with van der Waals surface area (Å²) in [5.74, 6) is 1.20. The van der Waals surface area contributed by atoms with Gasteiger partial charge in [0, 0.05) is 12.6 Å². The van der Waals surface area contributed by atoms with Crippen LogP contribution in [0.1, 0.15) is 35.1 Å². The van der Waals surface area contributed by atoms with Crippen molar-refractivity contribution in [1.29, 1.82) is 0 Å². The van der Waals surface area contributed by atoms with Crippen LogP contribution in [-0.4, -0.2) is 49.4 Å². The highest BCUT2D eigenvalue weighted by Gasteiger charge is 2.51. The van der Waals surface area contributed by atoms with E-state index in [-0.39, 0.29) is 17.5 Å². The number of hydrogen-bond donors (Lipinski definition) is 1. The minimum absolute atomic E-state index is 0.0206. The number of nitrogens with one attached hydrogen (secondary N) is 1. The molecule has 1 saturated carbocycles. The van der Waals surface area contributed by atoms with E-state index in [9.17, 15) is 9.18 Å². The van der Waals surface area contributed by atoms with Gasteiger partial charge in [-0.25, -0.2) is 9.37 Å². The summed E-state index contributed by atoms with van der Waals surface area (Å²) in [6.45, 7) is 0.578. The van der Waals surface area contributed by atoms with E-state index in [1.54, 1.807) is 24.1 Å². The number of benzene rings is 2. The zero-order valence-corrected chi connectivity index (χ0v) is 17.4. The molecule has 2 aromatic heterocycles. The average molecular weight is 432 g/mol. The van der Waals surface area contributed by atoms with Crippen molar-refractivity contribution >= 4 is 16.9 Å². The number of halogens is 1. The van der Waals surface area contributed by atoms with E-state index in [1.807, 2.05) is 18.2 Å². The van der Waals surface area contributed by atoms with Gasteiger partial charge in [-0.1, -0.05) is 6.07 Å². The van der Waals surface area contributed by atoms with Crippen LogP contribution in [0.3, 0.4) is 0 Å². The lowest BCUT2D eigenvalue weighted by atomic mass is 9.73. The van der Waals surface area contributed by atoms with Crippen LogP contribution in [0.2, 0.25) is 0 Å². The second kappa shape index (κ2) is 7.15. The number of carbonyl (C=O) groups excluding carboxylic acids is 1. The van der Waals surface area contributed by atoms with Gasteiger partial charge in [0.05, 0.1) is 36.6 Å². The summed E-state index contributed by atoms with van der Waals surface area (Å²) in [6.07, 6.45) is 5.08. The van der Waals surface area contributed by atoms with Crippen molar-refractivity contribution in [2.45, 2.75) is 18.9 Å². The van der Waals surface area contributed by atoms with Gasteiger partial charge < -0.3 is 14.6 Å². The van der Waals surface area contributed by atoms with E-state index in [0.29, 0.717) is 24.1 Å². The van der Waals surface area contributed by atoms with Gasteiger partial charge in [0.15, 0.2) is 0 Å². The highest BCUT2D eigenvalue weighted by atomic mass is 19.1. The number of ether oxygens (including phenoxy) is 1. The predicted octanol–water partition coefficient (Wildman–Crippen LogP) is 3.51. The minimum Gasteiger partial charge on any atom is -0.497 e. The van der Waals surface area contributed by atoms with Crippen LogP contribution in [0.25, 0.3) is 16.7 Å². The maximum atomic E-state index is 15.0. The Morgan fingerprint density at radius 3 is 2.78 bits per heavy atom. The molecular formula is C23H21FN6O2. The van der Waals surface area contributed by atoms with E-state index >= 15 is 0 Å². The lowest BCUT2D eigenvalue weighted by molar-refractivity contribution is 0.0704. The zero-order chi connectivity index (χ0) is 21.8. The Hall–Kier alpha value is -3.75. The molecule has 3 heterocycles. The Balaban J connectivity index is 1.43. The summed E-state index contributed by atoms with van der Waals surface area (Å²) in [6, 6.07) is 9.92. The number of likely N-dealkylation sites (tertiary alicyclic amines) is 1. The van der Waals surface area contributed by atoms with Gasteiger partial charge in [-0.2, -0.15) is 15.0 Å². The van der Waals surface area contributed by atoms with Crippen molar-refractivity contribution < 1.29 is 13.9 Å². The Kier molecular flexibility index (Phi) is 4.24. The first-order chi connectivity index (χ1) is 15.6. The fourth-order valence-corrected chi connectivity index (χ4v) is 5.04. The molecule has 1 aliphatic carbocycles. The van der Waals surface area contributed by atoms with Crippen molar-refractivity contribution in [2.75, 3.05) is 13.7 Å². The summed E-state index contributed by atoms with van der Waals surface area (Å²) in [5.41, 5.74) is 1.96. The first-order valence-electron chi connectivity index (χ1n) is 10.6. The van der Waals surface area contributed by atoms with Crippen molar-refractivity contribution in [2.24, 2.45) is 11.8 Å². The van der Waals surface area contributed by atoms with E-state index in [0.717, 1.165) is 35.4 Å². The lowest BCUT2D eigenvalue weighted by Crippen LogP contribution is -2.34. The number of methoxy groups -OCH3 is 1. The normalized spacial score (nSPS) is 22.1. The van der Waals surface area contributed by atoms with Crippen molar-refractivity contribution in [1.82, 2.24) is 29.9 Å². The molecule has 8 nitrogen and oxygen atoms in total. The largest absolute Gasteiger partial charge is 0.497 e. The quantitative estimate of drug-likeness (QED) is 0.533. The summed E-state index contributed by atoms with van der Waals surface area (Å²) in [4.78, 5) is 25.0. The van der Waals surface area contributed by atoms with Crippen LogP contribution in [0, 0.1) is 17.7 Å². The van der Waals surface area contributed by atoms with Crippen molar-refractivity contribution in [3.05, 3.63) is 66.0 Å². The van der Waals surface area contributed by atoms with E-state index in [1.165, 1.54) is 23.3 Å². The molecule has 3 atom stereocenters. The fraction of sp³-hybridized carbons (Fsp3) is 0.304. The van der Waals surface area contributed by atoms with Gasteiger partial charge in [0.25, 0.3) is 5.91 Å².